The molecule has 4 nitrogen and oxygen atoms in total. The van der Waals surface area contributed by atoms with E-state index in [9.17, 15) is 9.59 Å². The van der Waals surface area contributed by atoms with Crippen LogP contribution in [0.2, 0.25) is 5.02 Å². The van der Waals surface area contributed by atoms with Crippen LogP contribution in [0, 0.1) is 5.92 Å². The number of nitrogens with zero attached hydrogens (tertiary/aromatic N) is 1. The number of halogens is 1. The number of hydrogen-bond donors (Lipinski definition) is 1. The number of amides is 2. The lowest BCUT2D eigenvalue weighted by molar-refractivity contribution is -0.132. The zero-order valence-electron chi connectivity index (χ0n) is 15.1. The predicted octanol–water partition coefficient (Wildman–Crippen LogP) is 3.91. The molecule has 1 aliphatic heterocycles. The van der Waals surface area contributed by atoms with Gasteiger partial charge in [0.1, 0.15) is 0 Å². The Bertz CT molecular complexity index is 812. The number of carbonyl (C=O) groups excluding carboxylic acids is 2. The van der Waals surface area contributed by atoms with Gasteiger partial charge in [0, 0.05) is 36.7 Å². The van der Waals surface area contributed by atoms with Gasteiger partial charge in [-0.2, -0.15) is 0 Å². The lowest BCUT2D eigenvalue weighted by Gasteiger charge is -2.30. The molecule has 0 saturated carbocycles. The van der Waals surface area contributed by atoms with Gasteiger partial charge in [0.15, 0.2) is 0 Å². The standard InChI is InChI=1S/C22H23ClN2O2/c23-20-9-5-4-8-19(20)16-24-22(27)18-12-14-25(15-13-18)21(26)11-10-17-6-2-1-3-7-17/h1-11,18H,12-16H2,(H,24,27)/b11-10+. The Morgan fingerprint density at radius 1 is 1.04 bits per heavy atom. The van der Waals surface area contributed by atoms with E-state index < -0.39 is 0 Å². The van der Waals surface area contributed by atoms with Crippen molar-refractivity contribution in [2.75, 3.05) is 13.1 Å². The molecular formula is C22H23ClN2O2. The predicted molar refractivity (Wildman–Crippen MR) is 108 cm³/mol. The van der Waals surface area contributed by atoms with Crippen molar-refractivity contribution in [3.05, 3.63) is 76.8 Å². The van der Waals surface area contributed by atoms with Crippen LogP contribution < -0.4 is 5.32 Å². The van der Waals surface area contributed by atoms with E-state index in [1.54, 1.807) is 11.0 Å². The van der Waals surface area contributed by atoms with Crippen LogP contribution in [-0.2, 0) is 16.1 Å². The molecule has 2 aromatic carbocycles. The molecule has 0 radical (unpaired) electrons. The topological polar surface area (TPSA) is 49.4 Å². The third-order valence-corrected chi connectivity index (χ3v) is 5.17. The monoisotopic (exact) mass is 382 g/mol. The molecule has 1 aliphatic rings. The number of hydrogen-bond acceptors (Lipinski definition) is 2. The first kappa shape index (κ1) is 19.2. The first-order valence-corrected chi connectivity index (χ1v) is 9.54. The van der Waals surface area contributed by atoms with E-state index in [4.69, 9.17) is 11.6 Å². The molecule has 0 spiro atoms. The summed E-state index contributed by atoms with van der Waals surface area (Å²) in [6.07, 6.45) is 4.79. The summed E-state index contributed by atoms with van der Waals surface area (Å²) >= 11 is 6.12. The second-order valence-electron chi connectivity index (χ2n) is 6.65. The lowest BCUT2D eigenvalue weighted by atomic mass is 9.95. The summed E-state index contributed by atoms with van der Waals surface area (Å²) in [5.41, 5.74) is 1.91. The molecule has 5 heteroatoms. The third kappa shape index (κ3) is 5.44. The van der Waals surface area contributed by atoms with E-state index in [1.165, 1.54) is 0 Å². The highest BCUT2D eigenvalue weighted by Gasteiger charge is 2.26. The molecule has 2 aromatic rings. The molecule has 27 heavy (non-hydrogen) atoms. The van der Waals surface area contributed by atoms with Crippen molar-refractivity contribution in [3.8, 4) is 0 Å². The van der Waals surface area contributed by atoms with Crippen molar-refractivity contribution in [3.63, 3.8) is 0 Å². The number of piperidine rings is 1. The fourth-order valence-corrected chi connectivity index (χ4v) is 3.37. The van der Waals surface area contributed by atoms with E-state index in [2.05, 4.69) is 5.32 Å². The molecule has 1 saturated heterocycles. The molecule has 1 heterocycles. The summed E-state index contributed by atoms with van der Waals surface area (Å²) in [7, 11) is 0. The Hall–Kier alpha value is -2.59. The van der Waals surface area contributed by atoms with Crippen LogP contribution in [0.3, 0.4) is 0 Å². The smallest absolute Gasteiger partial charge is 0.246 e. The van der Waals surface area contributed by atoms with Crippen molar-refractivity contribution in [2.45, 2.75) is 19.4 Å². The van der Waals surface area contributed by atoms with E-state index in [0.29, 0.717) is 37.5 Å². The highest BCUT2D eigenvalue weighted by molar-refractivity contribution is 6.31. The first-order chi connectivity index (χ1) is 13.1. The summed E-state index contributed by atoms with van der Waals surface area (Å²) in [5.74, 6) is -0.0368. The maximum atomic E-state index is 12.4. The molecule has 3 rings (SSSR count). The number of rotatable bonds is 5. The van der Waals surface area contributed by atoms with Crippen LogP contribution in [0.4, 0.5) is 0 Å². The summed E-state index contributed by atoms with van der Waals surface area (Å²) in [4.78, 5) is 26.5. The molecule has 140 valence electrons. The minimum Gasteiger partial charge on any atom is -0.352 e. The maximum absolute atomic E-state index is 12.4. The number of nitrogens with one attached hydrogen (secondary N) is 1. The Labute approximate surface area is 164 Å². The minimum absolute atomic E-state index is 0.00576. The van der Waals surface area contributed by atoms with E-state index in [1.807, 2.05) is 60.7 Å². The van der Waals surface area contributed by atoms with Gasteiger partial charge in [-0.25, -0.2) is 0 Å². The van der Waals surface area contributed by atoms with Crippen LogP contribution in [-0.4, -0.2) is 29.8 Å². The average molecular weight is 383 g/mol. The molecule has 2 amide bonds. The van der Waals surface area contributed by atoms with Crippen molar-refractivity contribution in [1.82, 2.24) is 10.2 Å². The normalized spacial score (nSPS) is 15.1. The summed E-state index contributed by atoms with van der Waals surface area (Å²) in [5, 5.41) is 3.62. The zero-order chi connectivity index (χ0) is 19.1. The highest BCUT2D eigenvalue weighted by atomic mass is 35.5. The molecule has 0 aromatic heterocycles. The maximum Gasteiger partial charge on any atom is 0.246 e. The van der Waals surface area contributed by atoms with Gasteiger partial charge in [-0.05, 0) is 36.1 Å². The first-order valence-electron chi connectivity index (χ1n) is 9.16. The molecule has 0 atom stereocenters. The summed E-state index contributed by atoms with van der Waals surface area (Å²) in [6.45, 7) is 1.63. The van der Waals surface area contributed by atoms with Gasteiger partial charge >= 0.3 is 0 Å². The Morgan fingerprint density at radius 3 is 2.41 bits per heavy atom. The minimum atomic E-state index is -0.0605. The highest BCUT2D eigenvalue weighted by Crippen LogP contribution is 2.19. The Balaban J connectivity index is 1.45. The number of likely N-dealkylation sites (tertiary alicyclic amines) is 1. The van der Waals surface area contributed by atoms with Gasteiger partial charge in [0.05, 0.1) is 0 Å². The quantitative estimate of drug-likeness (QED) is 0.797. The fourth-order valence-electron chi connectivity index (χ4n) is 3.17. The van der Waals surface area contributed by atoms with E-state index in [-0.39, 0.29) is 17.7 Å². The number of benzene rings is 2. The molecular weight excluding hydrogens is 360 g/mol. The van der Waals surface area contributed by atoms with Gasteiger partial charge < -0.3 is 10.2 Å². The van der Waals surface area contributed by atoms with Crippen LogP contribution in [0.1, 0.15) is 24.0 Å². The SMILES string of the molecule is O=C(NCc1ccccc1Cl)C1CCN(C(=O)/C=C/c2ccccc2)CC1. The molecule has 0 unspecified atom stereocenters. The van der Waals surface area contributed by atoms with Gasteiger partial charge in [-0.3, -0.25) is 9.59 Å². The van der Waals surface area contributed by atoms with E-state index >= 15 is 0 Å². The van der Waals surface area contributed by atoms with Crippen LogP contribution in [0.5, 0.6) is 0 Å². The number of carbonyl (C=O) groups is 2. The van der Waals surface area contributed by atoms with Crippen LogP contribution >= 0.6 is 11.6 Å². The second kappa shape index (κ2) is 9.38. The second-order valence-corrected chi connectivity index (χ2v) is 7.06. The Morgan fingerprint density at radius 2 is 1.70 bits per heavy atom. The third-order valence-electron chi connectivity index (χ3n) is 4.81. The van der Waals surface area contributed by atoms with Crippen molar-refractivity contribution < 1.29 is 9.59 Å². The molecule has 0 bridgehead atoms. The van der Waals surface area contributed by atoms with Crippen LogP contribution in [0.15, 0.2) is 60.7 Å². The zero-order valence-corrected chi connectivity index (χ0v) is 15.9. The Kier molecular flexibility index (Phi) is 6.66. The summed E-state index contributed by atoms with van der Waals surface area (Å²) < 4.78 is 0. The average Bonchev–Trinajstić information content (AvgIpc) is 2.72. The largest absolute Gasteiger partial charge is 0.352 e. The molecule has 0 aliphatic carbocycles. The fraction of sp³-hybridized carbons (Fsp3) is 0.273. The molecule has 1 N–H and O–H groups in total. The summed E-state index contributed by atoms with van der Waals surface area (Å²) in [6, 6.07) is 17.2. The van der Waals surface area contributed by atoms with Crippen molar-refractivity contribution in [2.24, 2.45) is 5.92 Å². The van der Waals surface area contributed by atoms with Crippen molar-refractivity contribution >= 4 is 29.5 Å². The van der Waals surface area contributed by atoms with E-state index in [0.717, 1.165) is 11.1 Å². The lowest BCUT2D eigenvalue weighted by Crippen LogP contribution is -2.42. The van der Waals surface area contributed by atoms with Gasteiger partial charge in [0.25, 0.3) is 0 Å². The van der Waals surface area contributed by atoms with Crippen molar-refractivity contribution in [1.29, 1.82) is 0 Å². The van der Waals surface area contributed by atoms with Gasteiger partial charge in [-0.15, -0.1) is 0 Å². The van der Waals surface area contributed by atoms with Gasteiger partial charge in [-0.1, -0.05) is 60.1 Å². The van der Waals surface area contributed by atoms with Crippen LogP contribution in [0.25, 0.3) is 6.08 Å². The molecule has 1 fully saturated rings. The van der Waals surface area contributed by atoms with Gasteiger partial charge in [0.2, 0.25) is 11.8 Å².